The maximum Gasteiger partial charge on any atom is 0.326 e. The van der Waals surface area contributed by atoms with Gasteiger partial charge in [0.25, 0.3) is 0 Å². The van der Waals surface area contributed by atoms with E-state index in [1.165, 1.54) is 24.3 Å². The lowest BCUT2D eigenvalue weighted by molar-refractivity contribution is -0.142. The van der Waals surface area contributed by atoms with Crippen LogP contribution < -0.4 is 22.1 Å². The van der Waals surface area contributed by atoms with Crippen LogP contribution in [0.15, 0.2) is 24.3 Å². The molecule has 0 saturated carbocycles. The molecule has 164 valence electrons. The number of carbonyl (C=O) groups is 5. The molecule has 0 aliphatic heterocycles. The molecule has 0 fully saturated rings. The van der Waals surface area contributed by atoms with Crippen LogP contribution in [0.5, 0.6) is 5.75 Å². The van der Waals surface area contributed by atoms with Crippen molar-refractivity contribution in [1.29, 1.82) is 0 Å². The zero-order chi connectivity index (χ0) is 22.8. The van der Waals surface area contributed by atoms with Crippen molar-refractivity contribution in [2.45, 2.75) is 43.8 Å². The lowest BCUT2D eigenvalue weighted by Gasteiger charge is -2.22. The summed E-state index contributed by atoms with van der Waals surface area (Å²) in [5, 5.41) is 31.9. The number of nitrogens with two attached hydrogens (primary N) is 2. The van der Waals surface area contributed by atoms with Crippen molar-refractivity contribution in [2.75, 3.05) is 0 Å². The summed E-state index contributed by atoms with van der Waals surface area (Å²) in [5.74, 6) is -5.29. The van der Waals surface area contributed by atoms with Gasteiger partial charge >= 0.3 is 11.9 Å². The molecule has 9 N–H and O–H groups in total. The maximum atomic E-state index is 12.6. The molecule has 3 atom stereocenters. The molecule has 0 saturated heterocycles. The third-order valence-corrected chi connectivity index (χ3v) is 4.03. The molecule has 12 heteroatoms. The number of aromatic hydroxyl groups is 1. The predicted octanol–water partition coefficient (Wildman–Crippen LogP) is -1.94. The number of phenolic OH excluding ortho intramolecular Hbond substituents is 1. The molecule has 0 heterocycles. The Labute approximate surface area is 171 Å². The molecule has 3 unspecified atom stereocenters. The Bertz CT molecular complexity index is 796. The number of rotatable bonds is 12. The van der Waals surface area contributed by atoms with Crippen molar-refractivity contribution in [2.24, 2.45) is 11.5 Å². The normalized spacial score (nSPS) is 13.5. The van der Waals surface area contributed by atoms with E-state index in [0.717, 1.165) is 0 Å². The number of hydrogen-bond donors (Lipinski definition) is 7. The van der Waals surface area contributed by atoms with Gasteiger partial charge in [0.1, 0.15) is 17.8 Å². The van der Waals surface area contributed by atoms with Crippen LogP contribution in [0.3, 0.4) is 0 Å². The number of phenols is 1. The monoisotopic (exact) mass is 424 g/mol. The van der Waals surface area contributed by atoms with E-state index in [9.17, 15) is 34.2 Å². The molecule has 12 nitrogen and oxygen atoms in total. The van der Waals surface area contributed by atoms with E-state index in [2.05, 4.69) is 10.6 Å². The molecule has 1 aromatic carbocycles. The number of hydrogen-bond acceptors (Lipinski definition) is 7. The molecule has 0 aliphatic rings. The topological polar surface area (TPSA) is 222 Å². The van der Waals surface area contributed by atoms with Gasteiger partial charge in [-0.2, -0.15) is 0 Å². The van der Waals surface area contributed by atoms with Crippen LogP contribution >= 0.6 is 0 Å². The lowest BCUT2D eigenvalue weighted by Crippen LogP contribution is -2.55. The van der Waals surface area contributed by atoms with Gasteiger partial charge in [0.15, 0.2) is 0 Å². The quantitative estimate of drug-likeness (QED) is 0.198. The van der Waals surface area contributed by atoms with E-state index in [4.69, 9.17) is 16.6 Å². The highest BCUT2D eigenvalue weighted by molar-refractivity contribution is 5.93. The molecule has 0 radical (unpaired) electrons. The Morgan fingerprint density at radius 1 is 0.933 bits per heavy atom. The standard InChI is InChI=1S/C18H24N4O8/c19-11(8-15(25)26)16(27)21-12(5-6-14(20)24)17(28)22-13(18(29)30)7-9-1-3-10(23)4-2-9/h1-4,11-13,23H,5-8,19H2,(H2,20,24)(H,21,27)(H,22,28)(H,25,26)(H,29,30). The molecular formula is C18H24N4O8. The summed E-state index contributed by atoms with van der Waals surface area (Å²) in [6.45, 7) is 0. The van der Waals surface area contributed by atoms with Crippen LogP contribution in [0.25, 0.3) is 0 Å². The third-order valence-electron chi connectivity index (χ3n) is 4.03. The molecule has 1 rings (SSSR count). The molecule has 3 amide bonds. The van der Waals surface area contributed by atoms with Crippen molar-refractivity contribution in [1.82, 2.24) is 10.6 Å². The van der Waals surface area contributed by atoms with E-state index in [-0.39, 0.29) is 25.0 Å². The first-order chi connectivity index (χ1) is 14.0. The first-order valence-corrected chi connectivity index (χ1v) is 8.86. The highest BCUT2D eigenvalue weighted by Crippen LogP contribution is 2.12. The molecule has 0 spiro atoms. The summed E-state index contributed by atoms with van der Waals surface area (Å²) in [7, 11) is 0. The average Bonchev–Trinajstić information content (AvgIpc) is 2.65. The number of carboxylic acid groups (broad SMARTS) is 2. The smallest absolute Gasteiger partial charge is 0.326 e. The van der Waals surface area contributed by atoms with Crippen LogP contribution in [0, 0.1) is 0 Å². The number of carboxylic acids is 2. The van der Waals surface area contributed by atoms with Crippen molar-refractivity contribution in [3.8, 4) is 5.75 Å². The average molecular weight is 424 g/mol. The fourth-order valence-corrected chi connectivity index (χ4v) is 2.46. The predicted molar refractivity (Wildman–Crippen MR) is 102 cm³/mol. The Morgan fingerprint density at radius 2 is 1.50 bits per heavy atom. The summed E-state index contributed by atoms with van der Waals surface area (Å²) >= 11 is 0. The first-order valence-electron chi connectivity index (χ1n) is 8.86. The SMILES string of the molecule is NC(=O)CCC(NC(=O)C(N)CC(=O)O)C(=O)NC(Cc1ccc(O)cc1)C(=O)O. The summed E-state index contributed by atoms with van der Waals surface area (Å²) in [5.41, 5.74) is 11.0. The van der Waals surface area contributed by atoms with Crippen molar-refractivity contribution < 1.29 is 39.3 Å². The van der Waals surface area contributed by atoms with Gasteiger partial charge in [-0.1, -0.05) is 12.1 Å². The van der Waals surface area contributed by atoms with Gasteiger partial charge in [-0.05, 0) is 24.1 Å². The second-order valence-electron chi connectivity index (χ2n) is 6.54. The number of benzene rings is 1. The van der Waals surface area contributed by atoms with E-state index in [1.54, 1.807) is 0 Å². The Morgan fingerprint density at radius 3 is 2.00 bits per heavy atom. The lowest BCUT2D eigenvalue weighted by atomic mass is 10.0. The second kappa shape index (κ2) is 11.4. The Balaban J connectivity index is 2.89. The zero-order valence-corrected chi connectivity index (χ0v) is 15.9. The number of aliphatic carboxylic acids is 2. The maximum absolute atomic E-state index is 12.6. The summed E-state index contributed by atoms with van der Waals surface area (Å²) in [6.07, 6.45) is -1.33. The van der Waals surface area contributed by atoms with Gasteiger partial charge in [0, 0.05) is 12.8 Å². The fourth-order valence-electron chi connectivity index (χ4n) is 2.46. The highest BCUT2D eigenvalue weighted by atomic mass is 16.4. The first kappa shape index (κ1) is 24.4. The van der Waals surface area contributed by atoms with Gasteiger partial charge in [-0.3, -0.25) is 19.2 Å². The van der Waals surface area contributed by atoms with E-state index < -0.39 is 54.2 Å². The minimum absolute atomic E-state index is 0.0124. The highest BCUT2D eigenvalue weighted by Gasteiger charge is 2.29. The molecule has 30 heavy (non-hydrogen) atoms. The van der Waals surface area contributed by atoms with Crippen LogP contribution in [-0.4, -0.2) is 63.1 Å². The molecule has 0 aromatic heterocycles. The number of nitrogens with one attached hydrogen (secondary N) is 2. The molecular weight excluding hydrogens is 400 g/mol. The van der Waals surface area contributed by atoms with E-state index in [1.807, 2.05) is 0 Å². The number of carbonyl (C=O) groups excluding carboxylic acids is 3. The largest absolute Gasteiger partial charge is 0.508 e. The minimum atomic E-state index is -1.45. The van der Waals surface area contributed by atoms with Gasteiger partial charge in [0.05, 0.1) is 12.5 Å². The second-order valence-corrected chi connectivity index (χ2v) is 6.54. The van der Waals surface area contributed by atoms with Crippen LogP contribution in [0.4, 0.5) is 0 Å². The van der Waals surface area contributed by atoms with Crippen molar-refractivity contribution in [3.63, 3.8) is 0 Å². The molecule has 0 bridgehead atoms. The van der Waals surface area contributed by atoms with E-state index >= 15 is 0 Å². The third kappa shape index (κ3) is 8.56. The number of amides is 3. The van der Waals surface area contributed by atoms with Gasteiger partial charge < -0.3 is 37.4 Å². The fraction of sp³-hybridized carbons (Fsp3) is 0.389. The summed E-state index contributed by atoms with van der Waals surface area (Å²) < 4.78 is 0. The molecule has 1 aromatic rings. The Hall–Kier alpha value is -3.67. The minimum Gasteiger partial charge on any atom is -0.508 e. The van der Waals surface area contributed by atoms with Gasteiger partial charge in [-0.15, -0.1) is 0 Å². The molecule has 0 aliphatic carbocycles. The van der Waals surface area contributed by atoms with Crippen molar-refractivity contribution >= 4 is 29.7 Å². The zero-order valence-electron chi connectivity index (χ0n) is 15.9. The number of primary amides is 1. The van der Waals surface area contributed by atoms with Crippen LogP contribution in [-0.2, 0) is 30.4 Å². The van der Waals surface area contributed by atoms with Crippen LogP contribution in [0.1, 0.15) is 24.8 Å². The Kier molecular flexibility index (Phi) is 9.23. The van der Waals surface area contributed by atoms with Crippen LogP contribution in [0.2, 0.25) is 0 Å². The van der Waals surface area contributed by atoms with Gasteiger partial charge in [-0.25, -0.2) is 4.79 Å². The van der Waals surface area contributed by atoms with Gasteiger partial charge in [0.2, 0.25) is 17.7 Å². The summed E-state index contributed by atoms with van der Waals surface area (Å²) in [6, 6.07) is 1.50. The van der Waals surface area contributed by atoms with E-state index in [0.29, 0.717) is 5.56 Å². The van der Waals surface area contributed by atoms with Crippen molar-refractivity contribution in [3.05, 3.63) is 29.8 Å². The summed E-state index contributed by atoms with van der Waals surface area (Å²) in [4.78, 5) is 57.9.